The summed E-state index contributed by atoms with van der Waals surface area (Å²) < 4.78 is 0. The van der Waals surface area contributed by atoms with E-state index in [1.165, 1.54) is 28.4 Å². The third kappa shape index (κ3) is 3.16. The summed E-state index contributed by atoms with van der Waals surface area (Å²) in [5.41, 5.74) is 1.44. The third-order valence-corrected chi connectivity index (χ3v) is 5.45. The van der Waals surface area contributed by atoms with Crippen molar-refractivity contribution in [2.45, 2.75) is 12.6 Å². The second-order valence-corrected chi connectivity index (χ2v) is 7.30. The number of nitrogens with zero attached hydrogens (tertiary/aromatic N) is 2. The Bertz CT molecular complexity index is 1040. The monoisotopic (exact) mass is 392 g/mol. The number of pyridine rings is 1. The van der Waals surface area contributed by atoms with Crippen LogP contribution in [-0.4, -0.2) is 31.8 Å². The highest BCUT2D eigenvalue weighted by Gasteiger charge is 2.43. The van der Waals surface area contributed by atoms with Gasteiger partial charge in [-0.1, -0.05) is 24.3 Å². The average Bonchev–Trinajstić information content (AvgIpc) is 3.33. The number of hydrogen-bond donors (Lipinski definition) is 2. The molecule has 3 heterocycles. The van der Waals surface area contributed by atoms with E-state index in [1.54, 1.807) is 48.1 Å². The summed E-state index contributed by atoms with van der Waals surface area (Å²) in [6, 6.07) is 12.5. The van der Waals surface area contributed by atoms with Crippen molar-refractivity contribution in [3.05, 3.63) is 93.6 Å². The number of phenolic OH excluding ortho intramolecular Hbond substituents is 1. The molecule has 28 heavy (non-hydrogen) atoms. The molecule has 0 aliphatic carbocycles. The topological polar surface area (TPSA) is 90.7 Å². The second-order valence-electron chi connectivity index (χ2n) is 6.36. The van der Waals surface area contributed by atoms with E-state index in [2.05, 4.69) is 4.98 Å². The van der Waals surface area contributed by atoms with Gasteiger partial charge in [0.05, 0.1) is 16.5 Å². The van der Waals surface area contributed by atoms with Crippen LogP contribution in [0.1, 0.15) is 26.8 Å². The number of aliphatic hydroxyl groups is 1. The van der Waals surface area contributed by atoms with E-state index in [9.17, 15) is 19.8 Å². The lowest BCUT2D eigenvalue weighted by Crippen LogP contribution is -2.30. The molecule has 1 aliphatic rings. The van der Waals surface area contributed by atoms with Gasteiger partial charge in [0.25, 0.3) is 5.91 Å². The number of phenols is 1. The van der Waals surface area contributed by atoms with Crippen molar-refractivity contribution in [1.29, 1.82) is 0 Å². The molecule has 140 valence electrons. The van der Waals surface area contributed by atoms with E-state index in [-0.39, 0.29) is 23.7 Å². The lowest BCUT2D eigenvalue weighted by atomic mass is 9.95. The highest BCUT2D eigenvalue weighted by atomic mass is 32.1. The van der Waals surface area contributed by atoms with Gasteiger partial charge in [0, 0.05) is 18.9 Å². The minimum absolute atomic E-state index is 0.0435. The largest absolute Gasteiger partial charge is 0.508 e. The predicted molar refractivity (Wildman–Crippen MR) is 104 cm³/mol. The fraction of sp³-hybridized carbons (Fsp3) is 0.0952. The summed E-state index contributed by atoms with van der Waals surface area (Å²) in [4.78, 5) is 31.9. The first-order valence-electron chi connectivity index (χ1n) is 8.56. The first-order chi connectivity index (χ1) is 13.6. The molecule has 0 spiro atoms. The van der Waals surface area contributed by atoms with Gasteiger partial charge in [0.15, 0.2) is 5.76 Å². The van der Waals surface area contributed by atoms with Crippen molar-refractivity contribution in [3.8, 4) is 5.75 Å². The second kappa shape index (κ2) is 7.28. The first-order valence-corrected chi connectivity index (χ1v) is 9.44. The molecule has 1 aromatic carbocycles. The van der Waals surface area contributed by atoms with Gasteiger partial charge in [0.1, 0.15) is 5.75 Å². The summed E-state index contributed by atoms with van der Waals surface area (Å²) in [5, 5.41) is 22.0. The molecule has 2 N–H and O–H groups in total. The maximum Gasteiger partial charge on any atom is 0.290 e. The molecule has 1 aliphatic heterocycles. The van der Waals surface area contributed by atoms with Gasteiger partial charge in [0.2, 0.25) is 5.78 Å². The third-order valence-electron chi connectivity index (χ3n) is 4.58. The van der Waals surface area contributed by atoms with Crippen LogP contribution in [0.4, 0.5) is 0 Å². The normalized spacial score (nSPS) is 16.6. The average molecular weight is 392 g/mol. The van der Waals surface area contributed by atoms with Crippen LogP contribution < -0.4 is 0 Å². The van der Waals surface area contributed by atoms with Gasteiger partial charge in [-0.15, -0.1) is 11.3 Å². The summed E-state index contributed by atoms with van der Waals surface area (Å²) >= 11 is 1.25. The zero-order valence-electron chi connectivity index (χ0n) is 14.6. The molecule has 7 heteroatoms. The molecule has 4 rings (SSSR count). The zero-order valence-corrected chi connectivity index (χ0v) is 15.5. The molecule has 0 radical (unpaired) electrons. The van der Waals surface area contributed by atoms with Crippen molar-refractivity contribution >= 4 is 23.0 Å². The van der Waals surface area contributed by atoms with Crippen molar-refractivity contribution in [2.24, 2.45) is 0 Å². The number of hydrogen-bond acceptors (Lipinski definition) is 6. The van der Waals surface area contributed by atoms with Crippen molar-refractivity contribution in [1.82, 2.24) is 9.88 Å². The molecule has 0 fully saturated rings. The number of aromatic hydroxyl groups is 1. The Hall–Kier alpha value is -3.45. The number of thiophene rings is 1. The number of carbonyl (C=O) groups is 2. The smallest absolute Gasteiger partial charge is 0.290 e. The number of carbonyl (C=O) groups excluding carboxylic acids is 2. The highest BCUT2D eigenvalue weighted by Crippen LogP contribution is 2.40. The van der Waals surface area contributed by atoms with Gasteiger partial charge >= 0.3 is 0 Å². The molecule has 0 saturated heterocycles. The molecule has 1 amide bonds. The van der Waals surface area contributed by atoms with Crippen LogP contribution in [0.25, 0.3) is 0 Å². The predicted octanol–water partition coefficient (Wildman–Crippen LogP) is 3.63. The Kier molecular flexibility index (Phi) is 4.67. The van der Waals surface area contributed by atoms with Crippen LogP contribution in [0.2, 0.25) is 0 Å². The van der Waals surface area contributed by atoms with Crippen molar-refractivity contribution in [3.63, 3.8) is 0 Å². The van der Waals surface area contributed by atoms with E-state index in [0.29, 0.717) is 10.4 Å². The molecule has 0 saturated carbocycles. The minimum Gasteiger partial charge on any atom is -0.508 e. The Morgan fingerprint density at radius 3 is 2.54 bits per heavy atom. The van der Waals surface area contributed by atoms with Crippen LogP contribution >= 0.6 is 11.3 Å². The molecular formula is C21H16N2O4S. The van der Waals surface area contributed by atoms with Crippen molar-refractivity contribution in [2.75, 3.05) is 0 Å². The zero-order chi connectivity index (χ0) is 19.7. The molecular weight excluding hydrogens is 376 g/mol. The number of aromatic nitrogens is 1. The Morgan fingerprint density at radius 1 is 1.11 bits per heavy atom. The molecule has 2 aromatic heterocycles. The maximum atomic E-state index is 13.1. The number of Topliss-reactive ketones (excluding diaryl/α,β-unsaturated/α-hetero) is 1. The molecule has 0 bridgehead atoms. The Morgan fingerprint density at radius 2 is 1.89 bits per heavy atom. The first kappa shape index (κ1) is 17.9. The lowest BCUT2D eigenvalue weighted by molar-refractivity contribution is -0.130. The van der Waals surface area contributed by atoms with Crippen LogP contribution in [0.3, 0.4) is 0 Å². The van der Waals surface area contributed by atoms with E-state index < -0.39 is 17.7 Å². The van der Waals surface area contributed by atoms with E-state index >= 15 is 0 Å². The quantitative estimate of drug-likeness (QED) is 0.647. The van der Waals surface area contributed by atoms with Crippen molar-refractivity contribution < 1.29 is 19.8 Å². The summed E-state index contributed by atoms with van der Waals surface area (Å²) in [5.74, 6) is -1.46. The lowest BCUT2D eigenvalue weighted by Gasteiger charge is -2.26. The van der Waals surface area contributed by atoms with E-state index in [1.807, 2.05) is 6.07 Å². The van der Waals surface area contributed by atoms with Crippen LogP contribution in [0, 0.1) is 0 Å². The SMILES string of the molecule is O=C(C1=C(O)C(=O)N(Cc2cccnc2)C1c1ccc(O)cc1)c1cccs1. The number of ketones is 1. The number of amides is 1. The molecule has 1 atom stereocenters. The van der Waals surface area contributed by atoms with Gasteiger partial charge < -0.3 is 15.1 Å². The van der Waals surface area contributed by atoms with Gasteiger partial charge in [-0.25, -0.2) is 0 Å². The minimum atomic E-state index is -0.761. The summed E-state index contributed by atoms with van der Waals surface area (Å²) in [6.07, 6.45) is 3.27. The summed E-state index contributed by atoms with van der Waals surface area (Å²) in [6.45, 7) is 0.184. The standard InChI is InChI=1S/C21H16N2O4S/c24-15-7-5-14(6-8-15)18-17(19(25)16-4-2-10-28-16)20(26)21(27)23(18)12-13-3-1-9-22-11-13/h1-11,18,24,26H,12H2. The van der Waals surface area contributed by atoms with Gasteiger partial charge in [-0.2, -0.15) is 0 Å². The Balaban J connectivity index is 1.79. The highest BCUT2D eigenvalue weighted by molar-refractivity contribution is 7.12. The van der Waals surface area contributed by atoms with E-state index in [0.717, 1.165) is 5.56 Å². The van der Waals surface area contributed by atoms with Gasteiger partial charge in [-0.05, 0) is 40.8 Å². The van der Waals surface area contributed by atoms with Crippen LogP contribution in [0.15, 0.2) is 77.6 Å². The van der Waals surface area contributed by atoms with Crippen LogP contribution in [-0.2, 0) is 11.3 Å². The fourth-order valence-corrected chi connectivity index (χ4v) is 3.96. The van der Waals surface area contributed by atoms with Gasteiger partial charge in [-0.3, -0.25) is 14.6 Å². The summed E-state index contributed by atoms with van der Waals surface area (Å²) in [7, 11) is 0. The molecule has 1 unspecified atom stereocenters. The fourth-order valence-electron chi connectivity index (χ4n) is 3.28. The maximum absolute atomic E-state index is 13.1. The van der Waals surface area contributed by atoms with Crippen LogP contribution in [0.5, 0.6) is 5.75 Å². The number of benzene rings is 1. The Labute approximate surface area is 165 Å². The molecule has 3 aromatic rings. The number of rotatable bonds is 5. The molecule has 6 nitrogen and oxygen atoms in total. The van der Waals surface area contributed by atoms with E-state index in [4.69, 9.17) is 0 Å². The number of aliphatic hydroxyl groups excluding tert-OH is 1.